The van der Waals surface area contributed by atoms with E-state index in [9.17, 15) is 0 Å². The molecule has 1 aliphatic rings. The average Bonchev–Trinajstić information content (AvgIpc) is 1.97. The minimum Gasteiger partial charge on any atom is -0.0625 e. The zero-order valence-corrected chi connectivity index (χ0v) is 6.56. The Morgan fingerprint density at radius 3 is 2.67 bits per heavy atom. The van der Waals surface area contributed by atoms with Crippen LogP contribution in [0.3, 0.4) is 0 Å². The van der Waals surface area contributed by atoms with Crippen molar-refractivity contribution in [1.29, 1.82) is 0 Å². The van der Waals surface area contributed by atoms with Gasteiger partial charge >= 0.3 is 0 Å². The monoisotopic (exact) mass is 125 g/mol. The molecule has 0 bridgehead atoms. The van der Waals surface area contributed by atoms with Crippen molar-refractivity contribution in [2.45, 2.75) is 39.5 Å². The second kappa shape index (κ2) is 3.24. The molecule has 0 aromatic carbocycles. The van der Waals surface area contributed by atoms with Crippen molar-refractivity contribution in [3.05, 3.63) is 6.42 Å². The molecule has 1 fully saturated rings. The highest BCUT2D eigenvalue weighted by molar-refractivity contribution is 4.77. The van der Waals surface area contributed by atoms with Crippen LogP contribution in [0.25, 0.3) is 0 Å². The molecular formula is C9H17. The Balaban J connectivity index is 2.25. The summed E-state index contributed by atoms with van der Waals surface area (Å²) >= 11 is 0. The Morgan fingerprint density at radius 1 is 1.11 bits per heavy atom. The van der Waals surface area contributed by atoms with Gasteiger partial charge in [0.2, 0.25) is 0 Å². The van der Waals surface area contributed by atoms with Gasteiger partial charge in [0.1, 0.15) is 0 Å². The first-order chi connectivity index (χ1) is 4.29. The second-order valence-electron chi connectivity index (χ2n) is 3.47. The van der Waals surface area contributed by atoms with Crippen LogP contribution in [0, 0.1) is 18.3 Å². The fourth-order valence-electron chi connectivity index (χ4n) is 1.47. The lowest BCUT2D eigenvalue weighted by atomic mass is 10.0. The van der Waals surface area contributed by atoms with E-state index in [4.69, 9.17) is 0 Å². The van der Waals surface area contributed by atoms with Crippen molar-refractivity contribution in [3.8, 4) is 0 Å². The molecule has 0 heteroatoms. The minimum absolute atomic E-state index is 0.884. The largest absolute Gasteiger partial charge is 0.0625 e. The first-order valence-corrected chi connectivity index (χ1v) is 4.12. The van der Waals surface area contributed by atoms with Gasteiger partial charge in [-0.1, -0.05) is 33.1 Å². The summed E-state index contributed by atoms with van der Waals surface area (Å²) in [4.78, 5) is 0. The number of hydrogen-bond acceptors (Lipinski definition) is 0. The van der Waals surface area contributed by atoms with Gasteiger partial charge in [0.25, 0.3) is 0 Å². The Morgan fingerprint density at radius 2 is 1.89 bits per heavy atom. The van der Waals surface area contributed by atoms with Gasteiger partial charge in [-0.05, 0) is 24.7 Å². The van der Waals surface area contributed by atoms with E-state index >= 15 is 0 Å². The second-order valence-corrected chi connectivity index (χ2v) is 3.47. The van der Waals surface area contributed by atoms with Crippen LogP contribution >= 0.6 is 0 Å². The maximum absolute atomic E-state index is 2.48. The van der Waals surface area contributed by atoms with Gasteiger partial charge in [-0.25, -0.2) is 0 Å². The van der Waals surface area contributed by atoms with Crippen LogP contribution in [-0.2, 0) is 0 Å². The molecule has 9 heavy (non-hydrogen) atoms. The van der Waals surface area contributed by atoms with E-state index in [0.717, 1.165) is 11.8 Å². The van der Waals surface area contributed by atoms with Crippen LogP contribution in [0.15, 0.2) is 0 Å². The van der Waals surface area contributed by atoms with Crippen LogP contribution in [0.1, 0.15) is 39.5 Å². The van der Waals surface area contributed by atoms with Crippen molar-refractivity contribution in [2.24, 2.45) is 11.8 Å². The third-order valence-corrected chi connectivity index (χ3v) is 2.34. The molecule has 0 aromatic rings. The lowest BCUT2D eigenvalue weighted by Crippen LogP contribution is -1.92. The summed E-state index contributed by atoms with van der Waals surface area (Å²) in [6.07, 6.45) is 8.11. The third kappa shape index (κ3) is 2.38. The molecule has 0 nitrogen and oxygen atoms in total. The van der Waals surface area contributed by atoms with Crippen molar-refractivity contribution in [1.82, 2.24) is 0 Å². The lowest BCUT2D eigenvalue weighted by molar-refractivity contribution is 0.485. The molecule has 0 saturated heterocycles. The maximum atomic E-state index is 2.48. The van der Waals surface area contributed by atoms with Gasteiger partial charge in [-0.15, -0.1) is 0 Å². The normalized spacial score (nSPS) is 38.0. The van der Waals surface area contributed by atoms with Gasteiger partial charge in [0.05, 0.1) is 0 Å². The van der Waals surface area contributed by atoms with Crippen LogP contribution in [0.2, 0.25) is 0 Å². The van der Waals surface area contributed by atoms with Crippen molar-refractivity contribution < 1.29 is 0 Å². The van der Waals surface area contributed by atoms with E-state index in [1.807, 2.05) is 0 Å². The number of rotatable bonds is 0. The van der Waals surface area contributed by atoms with Crippen molar-refractivity contribution in [3.63, 3.8) is 0 Å². The standard InChI is InChI=1S/C9H17/c1-8-4-3-5-9(2)7-6-8/h4,8-9H,3,5-7H2,1-2H3. The summed E-state index contributed by atoms with van der Waals surface area (Å²) in [6.45, 7) is 4.70. The highest BCUT2D eigenvalue weighted by atomic mass is 14.2. The average molecular weight is 125 g/mol. The SMILES string of the molecule is CC1[CH]CCC(C)CC1. The summed E-state index contributed by atoms with van der Waals surface area (Å²) in [5.41, 5.74) is 0. The van der Waals surface area contributed by atoms with E-state index < -0.39 is 0 Å². The smallest absolute Gasteiger partial charge is 0.0357 e. The van der Waals surface area contributed by atoms with Gasteiger partial charge < -0.3 is 0 Å². The Bertz CT molecular complexity index is 66.1. The molecular weight excluding hydrogens is 108 g/mol. The summed E-state index contributed by atoms with van der Waals surface area (Å²) in [5, 5.41) is 0. The minimum atomic E-state index is 0.884. The molecule has 0 heterocycles. The van der Waals surface area contributed by atoms with Crippen LogP contribution < -0.4 is 0 Å². The molecule has 53 valence electrons. The van der Waals surface area contributed by atoms with Crippen molar-refractivity contribution in [2.75, 3.05) is 0 Å². The van der Waals surface area contributed by atoms with E-state index in [0.29, 0.717) is 0 Å². The van der Waals surface area contributed by atoms with E-state index in [2.05, 4.69) is 20.3 Å². The van der Waals surface area contributed by atoms with Gasteiger partial charge in [0.15, 0.2) is 0 Å². The molecule has 1 rings (SSSR count). The Hall–Kier alpha value is 0. The summed E-state index contributed by atoms with van der Waals surface area (Å²) < 4.78 is 0. The quantitative estimate of drug-likeness (QED) is 0.436. The van der Waals surface area contributed by atoms with E-state index in [1.165, 1.54) is 25.7 Å². The molecule has 0 aliphatic heterocycles. The molecule has 2 atom stereocenters. The van der Waals surface area contributed by atoms with Crippen molar-refractivity contribution >= 4 is 0 Å². The molecule has 0 aromatic heterocycles. The molecule has 0 spiro atoms. The maximum Gasteiger partial charge on any atom is -0.0357 e. The molecule has 0 amide bonds. The molecule has 1 aliphatic carbocycles. The molecule has 1 saturated carbocycles. The van der Waals surface area contributed by atoms with Crippen LogP contribution in [-0.4, -0.2) is 0 Å². The highest BCUT2D eigenvalue weighted by Crippen LogP contribution is 2.25. The molecule has 0 N–H and O–H groups in total. The predicted octanol–water partition coefficient (Wildman–Crippen LogP) is 3.04. The van der Waals surface area contributed by atoms with Gasteiger partial charge in [-0.3, -0.25) is 0 Å². The lowest BCUT2D eigenvalue weighted by Gasteiger charge is -2.05. The zero-order chi connectivity index (χ0) is 6.69. The molecule has 2 unspecified atom stereocenters. The highest BCUT2D eigenvalue weighted by Gasteiger charge is 2.11. The zero-order valence-electron chi connectivity index (χ0n) is 6.56. The van der Waals surface area contributed by atoms with Gasteiger partial charge in [-0.2, -0.15) is 0 Å². The Labute approximate surface area is 58.7 Å². The third-order valence-electron chi connectivity index (χ3n) is 2.34. The van der Waals surface area contributed by atoms with Crippen LogP contribution in [0.5, 0.6) is 0 Å². The topological polar surface area (TPSA) is 0 Å². The predicted molar refractivity (Wildman–Crippen MR) is 41.1 cm³/mol. The first kappa shape index (κ1) is 7.11. The molecule has 1 radical (unpaired) electrons. The summed E-state index contributed by atoms with van der Waals surface area (Å²) in [7, 11) is 0. The van der Waals surface area contributed by atoms with E-state index in [-0.39, 0.29) is 0 Å². The summed E-state index contributed by atoms with van der Waals surface area (Å²) in [5.74, 6) is 1.86. The Kier molecular flexibility index (Phi) is 2.56. The fourth-order valence-corrected chi connectivity index (χ4v) is 1.47. The van der Waals surface area contributed by atoms with Gasteiger partial charge in [0, 0.05) is 0 Å². The van der Waals surface area contributed by atoms with E-state index in [1.54, 1.807) is 0 Å². The first-order valence-electron chi connectivity index (χ1n) is 4.12. The number of hydrogen-bond donors (Lipinski definition) is 0. The van der Waals surface area contributed by atoms with Crippen LogP contribution in [0.4, 0.5) is 0 Å². The fraction of sp³-hybridized carbons (Fsp3) is 0.889. The summed E-state index contributed by atoms with van der Waals surface area (Å²) in [6, 6.07) is 0.